The van der Waals surface area contributed by atoms with E-state index in [1.54, 1.807) is 0 Å². The molecule has 1 aromatic carbocycles. The van der Waals surface area contributed by atoms with Gasteiger partial charge in [0.05, 0.1) is 0 Å². The number of halogens is 1. The van der Waals surface area contributed by atoms with Crippen molar-refractivity contribution in [2.24, 2.45) is 0 Å². The first-order valence-electron chi connectivity index (χ1n) is 6.75. The maximum absolute atomic E-state index is 6.41. The highest BCUT2D eigenvalue weighted by atomic mass is 35.5. The van der Waals surface area contributed by atoms with Crippen LogP contribution in [0.15, 0.2) is 18.2 Å². The Bertz CT molecular complexity index is 398. The van der Waals surface area contributed by atoms with Crippen molar-refractivity contribution in [2.75, 3.05) is 30.5 Å². The molecule has 0 aromatic heterocycles. The Morgan fingerprint density at radius 3 is 2.58 bits per heavy atom. The predicted molar refractivity (Wildman–Crippen MR) is 89.8 cm³/mol. The van der Waals surface area contributed by atoms with Crippen LogP contribution in [-0.2, 0) is 0 Å². The minimum absolute atomic E-state index is 0.292. The summed E-state index contributed by atoms with van der Waals surface area (Å²) in [4.78, 5) is 2.28. The molecule has 0 aliphatic heterocycles. The fraction of sp³-hybridized carbons (Fsp3) is 0.600. The van der Waals surface area contributed by atoms with E-state index in [0.29, 0.717) is 12.1 Å². The summed E-state index contributed by atoms with van der Waals surface area (Å²) in [5, 5.41) is 4.23. The summed E-state index contributed by atoms with van der Waals surface area (Å²) in [6.07, 6.45) is 2.14. The fourth-order valence-corrected chi connectivity index (χ4v) is 3.15. The Labute approximate surface area is 126 Å². The van der Waals surface area contributed by atoms with Crippen LogP contribution in [0.2, 0.25) is 5.02 Å². The van der Waals surface area contributed by atoms with Gasteiger partial charge in [-0.25, -0.2) is 0 Å². The first-order chi connectivity index (χ1) is 9.01. The van der Waals surface area contributed by atoms with E-state index >= 15 is 0 Å². The van der Waals surface area contributed by atoms with Crippen LogP contribution in [0.5, 0.6) is 0 Å². The van der Waals surface area contributed by atoms with Crippen LogP contribution in [0.3, 0.4) is 0 Å². The van der Waals surface area contributed by atoms with Crippen LogP contribution in [0, 0.1) is 0 Å². The zero-order valence-electron chi connectivity index (χ0n) is 12.5. The number of rotatable bonds is 7. The second-order valence-corrected chi connectivity index (χ2v) is 6.22. The third-order valence-electron chi connectivity index (χ3n) is 3.44. The topological polar surface area (TPSA) is 15.3 Å². The van der Waals surface area contributed by atoms with Gasteiger partial charge in [0.2, 0.25) is 0 Å². The lowest BCUT2D eigenvalue weighted by molar-refractivity contribution is 0.598. The lowest BCUT2D eigenvalue weighted by Crippen LogP contribution is -2.30. The Balaban J connectivity index is 2.87. The van der Waals surface area contributed by atoms with Gasteiger partial charge in [0.15, 0.2) is 0 Å². The van der Waals surface area contributed by atoms with Crippen molar-refractivity contribution in [1.82, 2.24) is 5.32 Å². The Hall–Kier alpha value is -0.380. The van der Waals surface area contributed by atoms with E-state index in [9.17, 15) is 0 Å². The molecule has 1 aromatic rings. The summed E-state index contributed by atoms with van der Waals surface area (Å²) in [6, 6.07) is 7.16. The van der Waals surface area contributed by atoms with Crippen molar-refractivity contribution in [3.05, 3.63) is 28.8 Å². The summed E-state index contributed by atoms with van der Waals surface area (Å²) in [5.41, 5.74) is 2.34. The molecule has 0 amide bonds. The molecule has 0 fully saturated rings. The molecule has 2 nitrogen and oxygen atoms in total. The minimum atomic E-state index is 0.292. The second kappa shape index (κ2) is 8.03. The van der Waals surface area contributed by atoms with E-state index < -0.39 is 0 Å². The van der Waals surface area contributed by atoms with E-state index in [0.717, 1.165) is 22.9 Å². The van der Waals surface area contributed by atoms with Crippen molar-refractivity contribution in [1.29, 1.82) is 0 Å². The zero-order chi connectivity index (χ0) is 14.4. The molecule has 4 heteroatoms. The van der Waals surface area contributed by atoms with E-state index in [1.807, 2.05) is 11.8 Å². The van der Waals surface area contributed by atoms with Gasteiger partial charge >= 0.3 is 0 Å². The molecule has 2 unspecified atom stereocenters. The Morgan fingerprint density at radius 1 is 1.37 bits per heavy atom. The first kappa shape index (κ1) is 16.7. The van der Waals surface area contributed by atoms with Crippen LogP contribution in [0.1, 0.15) is 32.4 Å². The van der Waals surface area contributed by atoms with E-state index in [2.05, 4.69) is 62.5 Å². The van der Waals surface area contributed by atoms with Crippen LogP contribution < -0.4 is 10.2 Å². The third kappa shape index (κ3) is 4.59. The van der Waals surface area contributed by atoms with Crippen molar-refractivity contribution >= 4 is 29.1 Å². The van der Waals surface area contributed by atoms with Crippen LogP contribution >= 0.6 is 23.4 Å². The molecule has 0 saturated carbocycles. The second-order valence-electron chi connectivity index (χ2n) is 4.90. The molecule has 0 aliphatic carbocycles. The van der Waals surface area contributed by atoms with Gasteiger partial charge in [-0.05, 0) is 44.3 Å². The highest BCUT2D eigenvalue weighted by Crippen LogP contribution is 2.28. The third-order valence-corrected chi connectivity index (χ3v) is 4.58. The first-order valence-corrected chi connectivity index (χ1v) is 8.53. The fourth-order valence-electron chi connectivity index (χ4n) is 2.11. The van der Waals surface area contributed by atoms with Crippen LogP contribution in [0.25, 0.3) is 0 Å². The van der Waals surface area contributed by atoms with Gasteiger partial charge in [0.25, 0.3) is 0 Å². The van der Waals surface area contributed by atoms with Gasteiger partial charge in [-0.3, -0.25) is 0 Å². The summed E-state index contributed by atoms with van der Waals surface area (Å²) < 4.78 is 0. The molecule has 19 heavy (non-hydrogen) atoms. The highest BCUT2D eigenvalue weighted by Gasteiger charge is 2.13. The predicted octanol–water partition coefficient (Wildman–Crippen LogP) is 4.20. The van der Waals surface area contributed by atoms with Gasteiger partial charge in [-0.1, -0.05) is 24.6 Å². The summed E-state index contributed by atoms with van der Waals surface area (Å²) in [7, 11) is 2.12. The number of nitrogens with zero attached hydrogens (tertiary/aromatic N) is 1. The van der Waals surface area contributed by atoms with Gasteiger partial charge in [0, 0.05) is 35.6 Å². The molecule has 0 heterocycles. The smallest absolute Gasteiger partial charge is 0.0474 e. The summed E-state index contributed by atoms with van der Waals surface area (Å²) in [6.45, 7) is 7.44. The van der Waals surface area contributed by atoms with E-state index in [-0.39, 0.29) is 0 Å². The quantitative estimate of drug-likeness (QED) is 0.812. The molecule has 0 saturated heterocycles. The Morgan fingerprint density at radius 2 is 2.05 bits per heavy atom. The lowest BCUT2D eigenvalue weighted by atomic mass is 10.1. The molecule has 0 aliphatic rings. The monoisotopic (exact) mass is 300 g/mol. The Kier molecular flexibility index (Phi) is 7.05. The highest BCUT2D eigenvalue weighted by molar-refractivity contribution is 7.98. The van der Waals surface area contributed by atoms with E-state index in [1.165, 1.54) is 5.69 Å². The van der Waals surface area contributed by atoms with Gasteiger partial charge in [-0.2, -0.15) is 11.8 Å². The van der Waals surface area contributed by atoms with Crippen molar-refractivity contribution in [2.45, 2.75) is 32.9 Å². The number of benzene rings is 1. The van der Waals surface area contributed by atoms with Crippen molar-refractivity contribution < 1.29 is 0 Å². The average Bonchev–Trinajstić information content (AvgIpc) is 2.38. The molecular weight excluding hydrogens is 276 g/mol. The standard InChI is InChI=1S/C15H25ClN2S/c1-6-17-12(3)14-8-7-13(9-15(14)16)18(4)11(2)10-19-5/h7-9,11-12,17H,6,10H2,1-5H3. The molecule has 0 spiro atoms. The lowest BCUT2D eigenvalue weighted by Gasteiger charge is -2.27. The summed E-state index contributed by atoms with van der Waals surface area (Å²) >= 11 is 8.28. The molecule has 0 bridgehead atoms. The maximum Gasteiger partial charge on any atom is 0.0474 e. The molecule has 1 N–H and O–H groups in total. The van der Waals surface area contributed by atoms with Crippen LogP contribution in [-0.4, -0.2) is 31.6 Å². The molecular formula is C15H25ClN2S. The average molecular weight is 301 g/mol. The van der Waals surface area contributed by atoms with Crippen molar-refractivity contribution in [3.8, 4) is 0 Å². The minimum Gasteiger partial charge on any atom is -0.371 e. The summed E-state index contributed by atoms with van der Waals surface area (Å²) in [5.74, 6) is 1.11. The zero-order valence-corrected chi connectivity index (χ0v) is 14.1. The maximum atomic E-state index is 6.41. The molecule has 1 rings (SSSR count). The largest absolute Gasteiger partial charge is 0.371 e. The normalized spacial score (nSPS) is 14.2. The number of hydrogen-bond acceptors (Lipinski definition) is 3. The van der Waals surface area contributed by atoms with Gasteiger partial charge in [-0.15, -0.1) is 0 Å². The van der Waals surface area contributed by atoms with Crippen molar-refractivity contribution in [3.63, 3.8) is 0 Å². The van der Waals surface area contributed by atoms with Crippen LogP contribution in [0.4, 0.5) is 5.69 Å². The van der Waals surface area contributed by atoms with Gasteiger partial charge < -0.3 is 10.2 Å². The SMILES string of the molecule is CCNC(C)c1ccc(N(C)C(C)CSC)cc1Cl. The number of hydrogen-bond donors (Lipinski definition) is 1. The van der Waals surface area contributed by atoms with E-state index in [4.69, 9.17) is 11.6 Å². The number of anilines is 1. The van der Waals surface area contributed by atoms with Gasteiger partial charge in [0.1, 0.15) is 0 Å². The number of nitrogens with one attached hydrogen (secondary N) is 1. The molecule has 108 valence electrons. The molecule has 2 atom stereocenters. The number of thioether (sulfide) groups is 1. The molecule has 0 radical (unpaired) electrons.